The van der Waals surface area contributed by atoms with E-state index >= 15 is 0 Å². The van der Waals surface area contributed by atoms with Gasteiger partial charge in [-0.3, -0.25) is 4.79 Å². The maximum Gasteiger partial charge on any atom is 0.308 e. The largest absolute Gasteiger partial charge is 0.475 e. The third-order valence-corrected chi connectivity index (χ3v) is 7.07. The second-order valence-electron chi connectivity index (χ2n) is 9.93. The highest BCUT2D eigenvalue weighted by Crippen LogP contribution is 2.31. The number of aliphatic imine (C=N–C) groups is 1. The smallest absolute Gasteiger partial charge is 0.308 e. The number of esters is 1. The van der Waals surface area contributed by atoms with Gasteiger partial charge in [-0.25, -0.2) is 4.99 Å². The SMILES string of the molecule is Cc1cccc(C)c1C1=N[C@H]([C@@H](OC(=O)C[C@H](NCc2ccccc2)c2ccccc2)c2ccccc2)CO1. The lowest BCUT2D eigenvalue weighted by Gasteiger charge is -2.24. The topological polar surface area (TPSA) is 59.9 Å². The standard InChI is InChI=1S/C34H34N2O3/c1-24-13-12-14-25(2)32(24)34-36-30(23-38-34)33(28-19-10-5-11-20-28)39-31(37)21-29(27-17-8-4-9-18-27)35-22-26-15-6-3-7-16-26/h3-20,29-30,33,35H,21-23H2,1-2H3/t29-,30-,33-/m0/s1. The van der Waals surface area contributed by atoms with Crippen molar-refractivity contribution in [3.63, 3.8) is 0 Å². The lowest BCUT2D eigenvalue weighted by atomic mass is 10.0. The Balaban J connectivity index is 1.36. The van der Waals surface area contributed by atoms with Crippen LogP contribution in [0.3, 0.4) is 0 Å². The summed E-state index contributed by atoms with van der Waals surface area (Å²) in [6.07, 6.45) is -0.354. The van der Waals surface area contributed by atoms with Crippen molar-refractivity contribution in [1.82, 2.24) is 5.32 Å². The van der Waals surface area contributed by atoms with Crippen LogP contribution in [-0.2, 0) is 20.8 Å². The summed E-state index contributed by atoms with van der Waals surface area (Å²) < 4.78 is 12.3. The van der Waals surface area contributed by atoms with E-state index in [1.165, 1.54) is 0 Å². The lowest BCUT2D eigenvalue weighted by Crippen LogP contribution is -2.28. The van der Waals surface area contributed by atoms with E-state index in [0.717, 1.165) is 33.4 Å². The molecule has 5 heteroatoms. The Hall–Kier alpha value is -4.22. The molecule has 4 aromatic carbocycles. The fourth-order valence-electron chi connectivity index (χ4n) is 5.03. The van der Waals surface area contributed by atoms with E-state index in [9.17, 15) is 4.79 Å². The van der Waals surface area contributed by atoms with Gasteiger partial charge in [0.25, 0.3) is 0 Å². The first-order valence-electron chi connectivity index (χ1n) is 13.4. The molecule has 39 heavy (non-hydrogen) atoms. The Bertz CT molecular complexity index is 1380. The first-order chi connectivity index (χ1) is 19.1. The van der Waals surface area contributed by atoms with Crippen LogP contribution in [0.4, 0.5) is 0 Å². The number of hydrogen-bond acceptors (Lipinski definition) is 5. The van der Waals surface area contributed by atoms with Crippen molar-refractivity contribution >= 4 is 11.9 Å². The van der Waals surface area contributed by atoms with Crippen molar-refractivity contribution in [1.29, 1.82) is 0 Å². The van der Waals surface area contributed by atoms with Crippen molar-refractivity contribution in [3.05, 3.63) is 143 Å². The van der Waals surface area contributed by atoms with Crippen LogP contribution in [0.1, 0.15) is 51.9 Å². The zero-order valence-electron chi connectivity index (χ0n) is 22.4. The third-order valence-electron chi connectivity index (χ3n) is 7.07. The minimum atomic E-state index is -0.550. The van der Waals surface area contributed by atoms with Crippen LogP contribution in [0.5, 0.6) is 0 Å². The summed E-state index contributed by atoms with van der Waals surface area (Å²) >= 11 is 0. The maximum atomic E-state index is 13.5. The van der Waals surface area contributed by atoms with E-state index in [-0.39, 0.29) is 24.5 Å². The van der Waals surface area contributed by atoms with Gasteiger partial charge in [0, 0.05) is 18.2 Å². The number of carbonyl (C=O) groups is 1. The van der Waals surface area contributed by atoms with Gasteiger partial charge in [-0.2, -0.15) is 0 Å². The molecule has 0 amide bonds. The normalized spacial score (nSPS) is 16.2. The van der Waals surface area contributed by atoms with Crippen molar-refractivity contribution in [3.8, 4) is 0 Å². The second-order valence-corrected chi connectivity index (χ2v) is 9.93. The molecule has 0 aromatic heterocycles. The Morgan fingerprint density at radius 2 is 1.44 bits per heavy atom. The quantitative estimate of drug-likeness (QED) is 0.239. The van der Waals surface area contributed by atoms with Gasteiger partial charge in [-0.1, -0.05) is 109 Å². The predicted octanol–water partition coefficient (Wildman–Crippen LogP) is 6.65. The maximum absolute atomic E-state index is 13.5. The molecule has 1 heterocycles. The van der Waals surface area contributed by atoms with Crippen LogP contribution in [0.2, 0.25) is 0 Å². The highest BCUT2D eigenvalue weighted by Gasteiger charge is 2.33. The number of benzene rings is 4. The number of nitrogens with zero attached hydrogens (tertiary/aromatic N) is 1. The molecular formula is C34H34N2O3. The van der Waals surface area contributed by atoms with E-state index in [1.807, 2.05) is 84.9 Å². The summed E-state index contributed by atoms with van der Waals surface area (Å²) in [4.78, 5) is 18.4. The van der Waals surface area contributed by atoms with Crippen molar-refractivity contribution in [2.45, 2.75) is 45.0 Å². The van der Waals surface area contributed by atoms with E-state index in [1.54, 1.807) is 0 Å². The second kappa shape index (κ2) is 12.5. The van der Waals surface area contributed by atoms with Crippen LogP contribution in [0.15, 0.2) is 114 Å². The average molecular weight is 519 g/mol. The van der Waals surface area contributed by atoms with E-state index in [2.05, 4.69) is 43.4 Å². The van der Waals surface area contributed by atoms with Crippen LogP contribution < -0.4 is 5.32 Å². The molecule has 1 aliphatic heterocycles. The predicted molar refractivity (Wildman–Crippen MR) is 155 cm³/mol. The Morgan fingerprint density at radius 3 is 2.08 bits per heavy atom. The van der Waals surface area contributed by atoms with E-state index < -0.39 is 6.10 Å². The molecule has 1 aliphatic rings. The van der Waals surface area contributed by atoms with E-state index in [0.29, 0.717) is 19.0 Å². The molecule has 0 fully saturated rings. The molecule has 0 spiro atoms. The van der Waals surface area contributed by atoms with Gasteiger partial charge in [0.05, 0.1) is 6.42 Å². The fourth-order valence-corrected chi connectivity index (χ4v) is 5.03. The lowest BCUT2D eigenvalue weighted by molar-refractivity contribution is -0.151. The van der Waals surface area contributed by atoms with Gasteiger partial charge in [0.15, 0.2) is 6.10 Å². The summed E-state index contributed by atoms with van der Waals surface area (Å²) in [6.45, 7) is 5.12. The Morgan fingerprint density at radius 1 is 0.846 bits per heavy atom. The molecule has 3 atom stereocenters. The number of rotatable bonds is 10. The number of nitrogens with one attached hydrogen (secondary N) is 1. The summed E-state index contributed by atoms with van der Waals surface area (Å²) in [5.41, 5.74) is 6.33. The highest BCUT2D eigenvalue weighted by molar-refractivity contribution is 5.98. The van der Waals surface area contributed by atoms with Gasteiger partial charge in [0.1, 0.15) is 12.6 Å². The number of carbonyl (C=O) groups excluding carboxylic acids is 1. The highest BCUT2D eigenvalue weighted by atomic mass is 16.6. The Kier molecular flexibility index (Phi) is 8.49. The van der Waals surface area contributed by atoms with Crippen LogP contribution in [-0.4, -0.2) is 24.5 Å². The summed E-state index contributed by atoms with van der Waals surface area (Å²) in [5.74, 6) is 0.327. The number of hydrogen-bond donors (Lipinski definition) is 1. The Labute approximate surface area is 230 Å². The van der Waals surface area contributed by atoms with Crippen molar-refractivity contribution in [2.24, 2.45) is 4.99 Å². The van der Waals surface area contributed by atoms with Crippen LogP contribution in [0, 0.1) is 13.8 Å². The van der Waals surface area contributed by atoms with E-state index in [4.69, 9.17) is 14.5 Å². The molecule has 0 bridgehead atoms. The van der Waals surface area contributed by atoms with Gasteiger partial charge in [-0.05, 0) is 41.7 Å². The fraction of sp³-hybridized carbons (Fsp3) is 0.235. The third kappa shape index (κ3) is 6.62. The van der Waals surface area contributed by atoms with Crippen molar-refractivity contribution < 1.29 is 14.3 Å². The first-order valence-corrected chi connectivity index (χ1v) is 13.4. The molecular weight excluding hydrogens is 484 g/mol. The molecule has 5 rings (SSSR count). The van der Waals surface area contributed by atoms with Gasteiger partial charge in [-0.15, -0.1) is 0 Å². The van der Waals surface area contributed by atoms with Gasteiger partial charge >= 0.3 is 5.97 Å². The summed E-state index contributed by atoms with van der Waals surface area (Å²) in [7, 11) is 0. The average Bonchev–Trinajstić information content (AvgIpc) is 3.45. The summed E-state index contributed by atoms with van der Waals surface area (Å²) in [6, 6.07) is 35.7. The summed E-state index contributed by atoms with van der Waals surface area (Å²) in [5, 5.41) is 3.55. The minimum Gasteiger partial charge on any atom is -0.475 e. The first kappa shape index (κ1) is 26.4. The molecule has 0 unspecified atom stereocenters. The van der Waals surface area contributed by atoms with Crippen LogP contribution in [0.25, 0.3) is 0 Å². The number of ether oxygens (including phenoxy) is 2. The molecule has 198 valence electrons. The van der Waals surface area contributed by atoms with Crippen LogP contribution >= 0.6 is 0 Å². The molecule has 0 aliphatic carbocycles. The molecule has 1 N–H and O–H groups in total. The zero-order valence-corrected chi connectivity index (χ0v) is 22.4. The minimum absolute atomic E-state index is 0.191. The molecule has 0 saturated carbocycles. The monoisotopic (exact) mass is 518 g/mol. The molecule has 0 radical (unpaired) electrons. The van der Waals surface area contributed by atoms with Gasteiger partial charge in [0.2, 0.25) is 5.90 Å². The number of aryl methyl sites for hydroxylation is 2. The molecule has 4 aromatic rings. The van der Waals surface area contributed by atoms with Crippen molar-refractivity contribution in [2.75, 3.05) is 6.61 Å². The zero-order chi connectivity index (χ0) is 27.0. The molecule has 0 saturated heterocycles. The molecule has 5 nitrogen and oxygen atoms in total. The van der Waals surface area contributed by atoms with Gasteiger partial charge < -0.3 is 14.8 Å².